The van der Waals surface area contributed by atoms with Gasteiger partial charge in [0.2, 0.25) is 5.90 Å². The standard InChI is InChI=1S/C18H13ClN2O3/c1-2-8-23-14-5-3-4-12(9-14)10-16-18(22)24-17(21-16)15-11-13(19)6-7-20-15/h2-7,9-11H,1,8H2/b16-10-. The number of aromatic nitrogens is 1. The topological polar surface area (TPSA) is 60.8 Å². The molecule has 0 N–H and O–H groups in total. The van der Waals surface area contributed by atoms with Gasteiger partial charge in [0.05, 0.1) is 0 Å². The van der Waals surface area contributed by atoms with E-state index >= 15 is 0 Å². The first-order valence-corrected chi connectivity index (χ1v) is 7.52. The van der Waals surface area contributed by atoms with Crippen LogP contribution >= 0.6 is 11.6 Å². The lowest BCUT2D eigenvalue weighted by atomic mass is 10.2. The van der Waals surface area contributed by atoms with Crippen molar-refractivity contribution in [2.45, 2.75) is 0 Å². The summed E-state index contributed by atoms with van der Waals surface area (Å²) >= 11 is 5.91. The fourth-order valence-corrected chi connectivity index (χ4v) is 2.21. The molecule has 1 aromatic heterocycles. The number of benzene rings is 1. The van der Waals surface area contributed by atoms with Crippen LogP contribution in [0, 0.1) is 0 Å². The van der Waals surface area contributed by atoms with Crippen LogP contribution in [0.4, 0.5) is 0 Å². The molecule has 0 spiro atoms. The molecule has 6 heteroatoms. The minimum atomic E-state index is -0.538. The molecule has 1 aliphatic rings. The van der Waals surface area contributed by atoms with E-state index in [-0.39, 0.29) is 11.6 Å². The van der Waals surface area contributed by atoms with Gasteiger partial charge in [-0.1, -0.05) is 36.4 Å². The largest absolute Gasteiger partial charge is 0.490 e. The Labute approximate surface area is 143 Å². The van der Waals surface area contributed by atoms with Gasteiger partial charge in [0, 0.05) is 11.2 Å². The third-order valence-electron chi connectivity index (χ3n) is 3.09. The molecule has 0 radical (unpaired) electrons. The van der Waals surface area contributed by atoms with Crippen LogP contribution < -0.4 is 4.74 Å². The van der Waals surface area contributed by atoms with Crippen LogP contribution in [0.5, 0.6) is 5.75 Å². The Morgan fingerprint density at radius 1 is 1.29 bits per heavy atom. The summed E-state index contributed by atoms with van der Waals surface area (Å²) < 4.78 is 10.6. The summed E-state index contributed by atoms with van der Waals surface area (Å²) in [6.45, 7) is 4.01. The van der Waals surface area contributed by atoms with Crippen molar-refractivity contribution in [3.63, 3.8) is 0 Å². The number of hydrogen-bond donors (Lipinski definition) is 0. The van der Waals surface area contributed by atoms with E-state index in [2.05, 4.69) is 16.6 Å². The molecule has 0 unspecified atom stereocenters. The molecule has 0 fully saturated rings. The summed E-state index contributed by atoms with van der Waals surface area (Å²) in [4.78, 5) is 20.3. The molecule has 5 nitrogen and oxygen atoms in total. The van der Waals surface area contributed by atoms with Gasteiger partial charge >= 0.3 is 5.97 Å². The van der Waals surface area contributed by atoms with Crippen molar-refractivity contribution in [2.75, 3.05) is 6.61 Å². The van der Waals surface area contributed by atoms with Gasteiger partial charge in [-0.25, -0.2) is 9.79 Å². The zero-order valence-electron chi connectivity index (χ0n) is 12.6. The number of aliphatic imine (C=N–C) groups is 1. The molecule has 2 aromatic rings. The first kappa shape index (κ1) is 16.0. The number of hydrogen-bond acceptors (Lipinski definition) is 5. The smallest absolute Gasteiger partial charge is 0.363 e. The molecule has 0 atom stereocenters. The van der Waals surface area contributed by atoms with Crippen molar-refractivity contribution in [1.29, 1.82) is 0 Å². The third-order valence-corrected chi connectivity index (χ3v) is 3.33. The Morgan fingerprint density at radius 3 is 2.96 bits per heavy atom. The minimum absolute atomic E-state index is 0.132. The molecule has 3 rings (SSSR count). The average Bonchev–Trinajstić information content (AvgIpc) is 2.94. The van der Waals surface area contributed by atoms with Gasteiger partial charge in [0.15, 0.2) is 5.70 Å². The monoisotopic (exact) mass is 340 g/mol. The fourth-order valence-electron chi connectivity index (χ4n) is 2.05. The van der Waals surface area contributed by atoms with Crippen molar-refractivity contribution in [3.8, 4) is 5.75 Å². The van der Waals surface area contributed by atoms with Crippen molar-refractivity contribution >= 4 is 29.5 Å². The van der Waals surface area contributed by atoms with E-state index in [1.807, 2.05) is 18.2 Å². The predicted molar refractivity (Wildman–Crippen MR) is 92.0 cm³/mol. The van der Waals surface area contributed by atoms with Gasteiger partial charge in [-0.05, 0) is 35.9 Å². The van der Waals surface area contributed by atoms with Gasteiger partial charge in [-0.15, -0.1) is 0 Å². The number of cyclic esters (lactones) is 1. The van der Waals surface area contributed by atoms with E-state index < -0.39 is 5.97 Å². The molecule has 0 bridgehead atoms. The van der Waals surface area contributed by atoms with Crippen molar-refractivity contribution in [1.82, 2.24) is 4.98 Å². The lowest BCUT2D eigenvalue weighted by Crippen LogP contribution is -2.07. The highest BCUT2D eigenvalue weighted by Gasteiger charge is 2.25. The first-order chi connectivity index (χ1) is 11.7. The van der Waals surface area contributed by atoms with E-state index in [0.29, 0.717) is 23.1 Å². The Morgan fingerprint density at radius 2 is 2.17 bits per heavy atom. The second-order valence-electron chi connectivity index (χ2n) is 4.87. The number of carbonyl (C=O) groups excluding carboxylic acids is 1. The van der Waals surface area contributed by atoms with Crippen molar-refractivity contribution in [2.24, 2.45) is 4.99 Å². The van der Waals surface area contributed by atoms with Crippen LogP contribution in [-0.4, -0.2) is 23.5 Å². The van der Waals surface area contributed by atoms with Crippen LogP contribution in [0.1, 0.15) is 11.3 Å². The maximum Gasteiger partial charge on any atom is 0.363 e. The van der Waals surface area contributed by atoms with Crippen LogP contribution in [0.25, 0.3) is 6.08 Å². The van der Waals surface area contributed by atoms with E-state index in [4.69, 9.17) is 21.1 Å². The van der Waals surface area contributed by atoms with Gasteiger partial charge in [-0.3, -0.25) is 4.98 Å². The van der Waals surface area contributed by atoms with Crippen molar-refractivity contribution < 1.29 is 14.3 Å². The van der Waals surface area contributed by atoms with Crippen LogP contribution in [-0.2, 0) is 9.53 Å². The predicted octanol–water partition coefficient (Wildman–Crippen LogP) is 3.64. The average molecular weight is 341 g/mol. The molecule has 2 heterocycles. The van der Waals surface area contributed by atoms with E-state index in [9.17, 15) is 4.79 Å². The highest BCUT2D eigenvalue weighted by atomic mass is 35.5. The third kappa shape index (κ3) is 3.70. The van der Waals surface area contributed by atoms with E-state index in [1.54, 1.807) is 30.4 Å². The lowest BCUT2D eigenvalue weighted by molar-refractivity contribution is -0.129. The number of rotatable bonds is 5. The second-order valence-corrected chi connectivity index (χ2v) is 5.30. The maximum atomic E-state index is 12.0. The molecule has 0 amide bonds. The highest BCUT2D eigenvalue weighted by Crippen LogP contribution is 2.21. The molecule has 0 aliphatic carbocycles. The van der Waals surface area contributed by atoms with E-state index in [0.717, 1.165) is 5.56 Å². The van der Waals surface area contributed by atoms with Crippen molar-refractivity contribution in [3.05, 3.63) is 77.2 Å². The number of esters is 1. The molecule has 120 valence electrons. The maximum absolute atomic E-state index is 12.0. The lowest BCUT2D eigenvalue weighted by Gasteiger charge is -2.03. The van der Waals surface area contributed by atoms with Gasteiger partial charge in [-0.2, -0.15) is 0 Å². The Bertz CT molecular complexity index is 859. The highest BCUT2D eigenvalue weighted by molar-refractivity contribution is 6.31. The quantitative estimate of drug-likeness (QED) is 0.473. The summed E-state index contributed by atoms with van der Waals surface area (Å²) in [7, 11) is 0. The molecule has 1 aromatic carbocycles. The van der Waals surface area contributed by atoms with Crippen LogP contribution in [0.3, 0.4) is 0 Å². The fraction of sp³-hybridized carbons (Fsp3) is 0.0556. The minimum Gasteiger partial charge on any atom is -0.490 e. The SMILES string of the molecule is C=CCOc1cccc(/C=C2\N=C(c3cc(Cl)ccn3)OC2=O)c1. The number of halogens is 1. The summed E-state index contributed by atoms with van der Waals surface area (Å²) in [6, 6.07) is 10.5. The molecule has 0 saturated carbocycles. The second kappa shape index (κ2) is 7.10. The molecule has 1 aliphatic heterocycles. The molecule has 0 saturated heterocycles. The van der Waals surface area contributed by atoms with E-state index in [1.165, 1.54) is 6.20 Å². The number of pyridine rings is 1. The van der Waals surface area contributed by atoms with Gasteiger partial charge in [0.1, 0.15) is 18.1 Å². The zero-order chi connectivity index (χ0) is 16.9. The molecule has 24 heavy (non-hydrogen) atoms. The van der Waals surface area contributed by atoms with Crippen LogP contribution in [0.2, 0.25) is 5.02 Å². The summed E-state index contributed by atoms with van der Waals surface area (Å²) in [6.07, 6.45) is 4.81. The zero-order valence-corrected chi connectivity index (χ0v) is 13.4. The van der Waals surface area contributed by atoms with Gasteiger partial charge < -0.3 is 9.47 Å². The number of nitrogens with zero attached hydrogens (tertiary/aromatic N) is 2. The Hall–Kier alpha value is -2.92. The molecular formula is C18H13ClN2O3. The molecular weight excluding hydrogens is 328 g/mol. The van der Waals surface area contributed by atoms with Crippen LogP contribution in [0.15, 0.2) is 65.9 Å². The van der Waals surface area contributed by atoms with Gasteiger partial charge in [0.25, 0.3) is 0 Å². The summed E-state index contributed by atoms with van der Waals surface area (Å²) in [5.41, 5.74) is 1.36. The first-order valence-electron chi connectivity index (χ1n) is 7.14. The summed E-state index contributed by atoms with van der Waals surface area (Å²) in [5.74, 6) is 0.272. The number of ether oxygens (including phenoxy) is 2. The Balaban J connectivity index is 1.87. The normalized spacial score (nSPS) is 15.1. The Kier molecular flexibility index (Phi) is 4.72. The summed E-state index contributed by atoms with van der Waals surface area (Å²) in [5, 5.41) is 0.489. The number of carbonyl (C=O) groups is 1.